The Kier molecular flexibility index (Phi) is 6.53. The number of hydrogen-bond acceptors (Lipinski definition) is 6. The molecule has 0 aliphatic carbocycles. The number of carbonyl (C=O) groups is 1. The van der Waals surface area contributed by atoms with Crippen LogP contribution in [0.1, 0.15) is 42.8 Å². The summed E-state index contributed by atoms with van der Waals surface area (Å²) in [7, 11) is 1.62. The molecule has 8 nitrogen and oxygen atoms in total. The Morgan fingerprint density at radius 3 is 2.73 bits per heavy atom. The molecule has 33 heavy (non-hydrogen) atoms. The molecule has 2 aromatic heterocycles. The number of aromatic nitrogens is 3. The number of hydrogen-bond donors (Lipinski definition) is 2. The number of carbonyl (C=O) groups excluding carboxylic acids is 1. The average Bonchev–Trinajstić information content (AvgIpc) is 3.27. The maximum absolute atomic E-state index is 12.4. The molecule has 0 aliphatic heterocycles. The number of rotatable bonds is 8. The summed E-state index contributed by atoms with van der Waals surface area (Å²) in [6.07, 6.45) is 1.33. The predicted molar refractivity (Wildman–Crippen MR) is 125 cm³/mol. The van der Waals surface area contributed by atoms with Crippen molar-refractivity contribution < 1.29 is 14.1 Å². The Morgan fingerprint density at radius 2 is 1.97 bits per heavy atom. The van der Waals surface area contributed by atoms with E-state index < -0.39 is 0 Å². The lowest BCUT2D eigenvalue weighted by Gasteiger charge is -2.14. The monoisotopic (exact) mass is 446 g/mol. The van der Waals surface area contributed by atoms with Crippen LogP contribution in [0, 0.1) is 6.92 Å². The summed E-state index contributed by atoms with van der Waals surface area (Å²) < 4.78 is 10.5. The highest BCUT2D eigenvalue weighted by Crippen LogP contribution is 2.20. The quantitative estimate of drug-likeness (QED) is 0.422. The maximum Gasteiger partial charge on any atom is 0.259 e. The number of pyridine rings is 1. The second kappa shape index (κ2) is 9.68. The summed E-state index contributed by atoms with van der Waals surface area (Å²) in [6, 6.07) is 15.1. The fourth-order valence-corrected chi connectivity index (χ4v) is 3.65. The molecule has 1 atom stereocenters. The van der Waals surface area contributed by atoms with E-state index in [9.17, 15) is 9.59 Å². The van der Waals surface area contributed by atoms with Crippen molar-refractivity contribution in [2.24, 2.45) is 0 Å². The smallest absolute Gasteiger partial charge is 0.259 e. The van der Waals surface area contributed by atoms with Gasteiger partial charge < -0.3 is 19.6 Å². The molecule has 0 saturated carbocycles. The van der Waals surface area contributed by atoms with Crippen LogP contribution < -0.4 is 15.6 Å². The van der Waals surface area contributed by atoms with Crippen LogP contribution >= 0.6 is 0 Å². The van der Waals surface area contributed by atoms with Gasteiger partial charge in [-0.1, -0.05) is 28.9 Å². The molecule has 0 fully saturated rings. The minimum absolute atomic E-state index is 0.0561. The highest BCUT2D eigenvalue weighted by Gasteiger charge is 2.15. The van der Waals surface area contributed by atoms with Gasteiger partial charge in [0.1, 0.15) is 5.75 Å². The van der Waals surface area contributed by atoms with E-state index in [4.69, 9.17) is 9.26 Å². The number of ether oxygens (including phenoxy) is 1. The van der Waals surface area contributed by atoms with Crippen LogP contribution in [0.3, 0.4) is 0 Å². The van der Waals surface area contributed by atoms with Gasteiger partial charge in [-0.05, 0) is 61.5 Å². The normalized spacial score (nSPS) is 12.0. The van der Waals surface area contributed by atoms with Crippen molar-refractivity contribution in [3.63, 3.8) is 0 Å². The van der Waals surface area contributed by atoms with Crippen molar-refractivity contribution in [1.29, 1.82) is 0 Å². The van der Waals surface area contributed by atoms with Gasteiger partial charge in [0.05, 0.1) is 18.7 Å². The summed E-state index contributed by atoms with van der Waals surface area (Å²) >= 11 is 0. The van der Waals surface area contributed by atoms with Crippen molar-refractivity contribution in [3.05, 3.63) is 75.9 Å². The molecular weight excluding hydrogens is 420 g/mol. The number of nitrogens with zero attached hydrogens (tertiary/aromatic N) is 2. The standard InChI is InChI=1S/C25H26N4O4/c1-15-7-12-21-18(13-15)14-20(25(31)27-21)24-28-23(33-29-24)6-4-5-22(30)26-16(2)17-8-10-19(32-3)11-9-17/h7-14,16H,4-6H2,1-3H3,(H,26,30)(H,27,31)/t16-/m0/s1. The van der Waals surface area contributed by atoms with Gasteiger partial charge in [0.2, 0.25) is 17.6 Å². The van der Waals surface area contributed by atoms with Gasteiger partial charge in [-0.15, -0.1) is 0 Å². The van der Waals surface area contributed by atoms with E-state index in [-0.39, 0.29) is 23.3 Å². The summed E-state index contributed by atoms with van der Waals surface area (Å²) in [5.41, 5.74) is 2.93. The molecule has 0 saturated heterocycles. The lowest BCUT2D eigenvalue weighted by Crippen LogP contribution is -2.26. The molecule has 2 aromatic carbocycles. The van der Waals surface area contributed by atoms with E-state index in [1.165, 1.54) is 0 Å². The van der Waals surface area contributed by atoms with Crippen LogP contribution in [0.4, 0.5) is 0 Å². The Hall–Kier alpha value is -3.94. The summed E-state index contributed by atoms with van der Waals surface area (Å²) in [5.74, 6) is 1.35. The lowest BCUT2D eigenvalue weighted by atomic mass is 10.1. The van der Waals surface area contributed by atoms with Crippen molar-refractivity contribution in [2.75, 3.05) is 7.11 Å². The van der Waals surface area contributed by atoms with Gasteiger partial charge in [0.15, 0.2) is 0 Å². The number of amides is 1. The van der Waals surface area contributed by atoms with Crippen molar-refractivity contribution >= 4 is 16.8 Å². The van der Waals surface area contributed by atoms with E-state index >= 15 is 0 Å². The Balaban J connectivity index is 1.33. The Bertz CT molecular complexity index is 1320. The molecule has 2 N–H and O–H groups in total. The fraction of sp³-hybridized carbons (Fsp3) is 0.280. The third kappa shape index (κ3) is 5.28. The third-order valence-corrected chi connectivity index (χ3v) is 5.50. The number of fused-ring (bicyclic) bond motifs is 1. The van der Waals surface area contributed by atoms with Gasteiger partial charge in [0, 0.05) is 18.4 Å². The highest BCUT2D eigenvalue weighted by atomic mass is 16.5. The zero-order valence-electron chi connectivity index (χ0n) is 18.8. The van der Waals surface area contributed by atoms with Crippen LogP contribution in [-0.2, 0) is 11.2 Å². The average molecular weight is 447 g/mol. The van der Waals surface area contributed by atoms with Crippen LogP contribution in [0.5, 0.6) is 5.75 Å². The molecule has 1 amide bonds. The number of nitrogens with one attached hydrogen (secondary N) is 2. The first kappa shape index (κ1) is 22.3. The SMILES string of the molecule is COc1ccc([C@H](C)NC(=O)CCCc2nc(-c3cc4cc(C)ccc4[nH]c3=O)no2)cc1. The zero-order chi connectivity index (χ0) is 23.4. The lowest BCUT2D eigenvalue weighted by molar-refractivity contribution is -0.121. The number of methoxy groups -OCH3 is 1. The molecule has 8 heteroatoms. The number of benzene rings is 2. The van der Waals surface area contributed by atoms with Gasteiger partial charge in [0.25, 0.3) is 5.56 Å². The second-order valence-corrected chi connectivity index (χ2v) is 8.03. The van der Waals surface area contributed by atoms with E-state index in [1.807, 2.05) is 56.3 Å². The molecule has 4 aromatic rings. The first-order valence-electron chi connectivity index (χ1n) is 10.8. The molecule has 170 valence electrons. The molecule has 4 rings (SSSR count). The van der Waals surface area contributed by atoms with Gasteiger partial charge in [-0.25, -0.2) is 0 Å². The number of H-pyrrole nitrogens is 1. The first-order valence-corrected chi connectivity index (χ1v) is 10.8. The van der Waals surface area contributed by atoms with Crippen molar-refractivity contribution in [2.45, 2.75) is 39.2 Å². The van der Waals surface area contributed by atoms with E-state index in [0.29, 0.717) is 30.7 Å². The topological polar surface area (TPSA) is 110 Å². The van der Waals surface area contributed by atoms with Crippen molar-refractivity contribution in [1.82, 2.24) is 20.4 Å². The Morgan fingerprint density at radius 1 is 1.18 bits per heavy atom. The van der Waals surface area contributed by atoms with Crippen molar-refractivity contribution in [3.8, 4) is 17.1 Å². The van der Waals surface area contributed by atoms with Gasteiger partial charge >= 0.3 is 0 Å². The van der Waals surface area contributed by atoms with Gasteiger partial charge in [-0.3, -0.25) is 9.59 Å². The minimum atomic E-state index is -0.273. The molecule has 0 unspecified atom stereocenters. The van der Waals surface area contributed by atoms with Crippen LogP contribution in [0.15, 0.2) is 57.8 Å². The molecule has 2 heterocycles. The molecule has 0 spiro atoms. The predicted octanol–water partition coefficient (Wildman–Crippen LogP) is 4.10. The molecule has 0 radical (unpaired) electrons. The number of aryl methyl sites for hydroxylation is 2. The molecule has 0 bridgehead atoms. The minimum Gasteiger partial charge on any atom is -0.497 e. The second-order valence-electron chi connectivity index (χ2n) is 8.03. The molecule has 0 aliphatic rings. The van der Waals surface area contributed by atoms with Crippen LogP contribution in [0.25, 0.3) is 22.3 Å². The zero-order valence-corrected chi connectivity index (χ0v) is 18.8. The van der Waals surface area contributed by atoms with Crippen LogP contribution in [0.2, 0.25) is 0 Å². The third-order valence-electron chi connectivity index (χ3n) is 5.50. The summed E-state index contributed by atoms with van der Waals surface area (Å²) in [5, 5.41) is 7.85. The largest absolute Gasteiger partial charge is 0.497 e. The summed E-state index contributed by atoms with van der Waals surface area (Å²) in [4.78, 5) is 32.0. The van der Waals surface area contributed by atoms with Crippen LogP contribution in [-0.4, -0.2) is 28.1 Å². The van der Waals surface area contributed by atoms with Gasteiger partial charge in [-0.2, -0.15) is 4.98 Å². The first-order chi connectivity index (χ1) is 15.9. The van der Waals surface area contributed by atoms with E-state index in [0.717, 1.165) is 27.8 Å². The maximum atomic E-state index is 12.4. The van der Waals surface area contributed by atoms with E-state index in [1.54, 1.807) is 13.2 Å². The highest BCUT2D eigenvalue weighted by molar-refractivity contribution is 5.82. The Labute approximate surface area is 191 Å². The fourth-order valence-electron chi connectivity index (χ4n) is 3.65. The molecular formula is C25H26N4O4. The number of aromatic amines is 1. The van der Waals surface area contributed by atoms with E-state index in [2.05, 4.69) is 20.4 Å². The summed E-state index contributed by atoms with van der Waals surface area (Å²) in [6.45, 7) is 3.93.